The van der Waals surface area contributed by atoms with Crippen molar-refractivity contribution >= 4 is 52.4 Å². The van der Waals surface area contributed by atoms with Crippen LogP contribution >= 0.6 is 46.4 Å². The van der Waals surface area contributed by atoms with Crippen LogP contribution in [0.4, 0.5) is 0 Å². The molecule has 0 amide bonds. The van der Waals surface area contributed by atoms with E-state index >= 15 is 0 Å². The topological polar surface area (TPSA) is 57.0 Å². The highest BCUT2D eigenvalue weighted by Gasteiger charge is 2.20. The van der Waals surface area contributed by atoms with Crippen LogP contribution in [0.15, 0.2) is 36.4 Å². The molecule has 3 aromatic rings. The van der Waals surface area contributed by atoms with Crippen molar-refractivity contribution in [2.75, 3.05) is 7.11 Å². The van der Waals surface area contributed by atoms with Crippen LogP contribution in [0, 0.1) is 0 Å². The monoisotopic (exact) mass is 429 g/mol. The molecule has 0 saturated carbocycles. The number of carbonyl (C=O) groups excluding carboxylic acids is 1. The van der Waals surface area contributed by atoms with Crippen molar-refractivity contribution in [1.29, 1.82) is 0 Å². The summed E-state index contributed by atoms with van der Waals surface area (Å²) in [5, 5.41) is 10.5. The molecule has 1 heterocycles. The molecule has 0 aliphatic carbocycles. The standard InChI is InChI=1S/C17H11Cl4N3O2/c1-26-15(25)8-24-22-16(11-4-2-9(18)6-13(11)20)17(23-24)12-5-3-10(19)7-14(12)21/h2-7H,8H2,1H3. The first-order chi connectivity index (χ1) is 12.4. The Morgan fingerprint density at radius 3 is 1.77 bits per heavy atom. The van der Waals surface area contributed by atoms with Gasteiger partial charge in [0.05, 0.1) is 17.2 Å². The number of nitrogens with zero attached hydrogens (tertiary/aromatic N) is 3. The zero-order valence-electron chi connectivity index (χ0n) is 13.3. The molecule has 0 radical (unpaired) electrons. The number of aromatic nitrogens is 3. The smallest absolute Gasteiger partial charge is 0.329 e. The molecule has 0 saturated heterocycles. The average molecular weight is 431 g/mol. The van der Waals surface area contributed by atoms with Crippen LogP contribution in [0.25, 0.3) is 22.5 Å². The van der Waals surface area contributed by atoms with E-state index in [1.54, 1.807) is 36.4 Å². The van der Waals surface area contributed by atoms with Gasteiger partial charge in [-0.25, -0.2) is 4.79 Å². The Morgan fingerprint density at radius 2 is 1.38 bits per heavy atom. The maximum atomic E-state index is 11.6. The van der Waals surface area contributed by atoms with Crippen molar-refractivity contribution < 1.29 is 9.53 Å². The van der Waals surface area contributed by atoms with Crippen LogP contribution in [0.3, 0.4) is 0 Å². The van der Waals surface area contributed by atoms with E-state index in [-0.39, 0.29) is 6.54 Å². The molecular weight excluding hydrogens is 420 g/mol. The van der Waals surface area contributed by atoms with Crippen LogP contribution < -0.4 is 0 Å². The fourth-order valence-corrected chi connectivity index (χ4v) is 3.32. The van der Waals surface area contributed by atoms with E-state index in [0.29, 0.717) is 42.6 Å². The van der Waals surface area contributed by atoms with Crippen molar-refractivity contribution in [3.05, 3.63) is 56.5 Å². The Kier molecular flexibility index (Phi) is 5.73. The lowest BCUT2D eigenvalue weighted by molar-refractivity contribution is -0.141. The number of methoxy groups -OCH3 is 1. The highest BCUT2D eigenvalue weighted by atomic mass is 35.5. The fraction of sp³-hybridized carbons (Fsp3) is 0.118. The number of hydrogen-bond donors (Lipinski definition) is 0. The van der Waals surface area contributed by atoms with Gasteiger partial charge < -0.3 is 4.74 Å². The zero-order valence-corrected chi connectivity index (χ0v) is 16.4. The normalized spacial score (nSPS) is 10.8. The first-order valence-electron chi connectivity index (χ1n) is 7.32. The summed E-state index contributed by atoms with van der Waals surface area (Å²) in [6.07, 6.45) is 0. The van der Waals surface area contributed by atoms with Gasteiger partial charge in [0, 0.05) is 21.2 Å². The first-order valence-corrected chi connectivity index (χ1v) is 8.83. The number of esters is 1. The van der Waals surface area contributed by atoms with Gasteiger partial charge in [0.2, 0.25) is 0 Å². The number of rotatable bonds is 4. The molecule has 0 spiro atoms. The number of halogens is 4. The number of hydrogen-bond acceptors (Lipinski definition) is 4. The average Bonchev–Trinajstić information content (AvgIpc) is 2.97. The molecule has 1 aromatic heterocycles. The molecule has 134 valence electrons. The molecule has 9 heteroatoms. The summed E-state index contributed by atoms with van der Waals surface area (Å²) in [5.41, 5.74) is 2.13. The van der Waals surface area contributed by atoms with Crippen molar-refractivity contribution in [2.45, 2.75) is 6.54 Å². The Bertz CT molecular complexity index is 919. The van der Waals surface area contributed by atoms with Gasteiger partial charge in [0.15, 0.2) is 6.54 Å². The van der Waals surface area contributed by atoms with Crippen molar-refractivity contribution in [2.24, 2.45) is 0 Å². The number of benzene rings is 2. The van der Waals surface area contributed by atoms with Crippen molar-refractivity contribution in [3.63, 3.8) is 0 Å². The van der Waals surface area contributed by atoms with Crippen LogP contribution in [0.1, 0.15) is 0 Å². The van der Waals surface area contributed by atoms with Gasteiger partial charge >= 0.3 is 5.97 Å². The fourth-order valence-electron chi connectivity index (χ4n) is 2.32. The Morgan fingerprint density at radius 1 is 0.923 bits per heavy atom. The maximum Gasteiger partial charge on any atom is 0.329 e. The minimum absolute atomic E-state index is 0.153. The van der Waals surface area contributed by atoms with E-state index in [4.69, 9.17) is 46.4 Å². The van der Waals surface area contributed by atoms with Gasteiger partial charge in [-0.2, -0.15) is 15.0 Å². The molecule has 0 aliphatic heterocycles. The Labute approximate surface area is 169 Å². The predicted octanol–water partition coefficient (Wildman–Crippen LogP) is 5.40. The molecular formula is C17H11Cl4N3O2. The van der Waals surface area contributed by atoms with Gasteiger partial charge in [0.1, 0.15) is 11.4 Å². The third-order valence-corrected chi connectivity index (χ3v) is 4.62. The second-order valence-corrected chi connectivity index (χ2v) is 6.94. The Balaban J connectivity index is 2.19. The zero-order chi connectivity index (χ0) is 18.8. The number of carbonyl (C=O) groups is 1. The first kappa shape index (κ1) is 19.0. The molecule has 5 nitrogen and oxygen atoms in total. The van der Waals surface area contributed by atoms with Gasteiger partial charge in [-0.05, 0) is 36.4 Å². The lowest BCUT2D eigenvalue weighted by Crippen LogP contribution is -2.14. The molecule has 0 fully saturated rings. The van der Waals surface area contributed by atoms with Crippen LogP contribution in [-0.2, 0) is 16.1 Å². The summed E-state index contributed by atoms with van der Waals surface area (Å²) < 4.78 is 4.67. The highest BCUT2D eigenvalue weighted by molar-refractivity contribution is 6.37. The lowest BCUT2D eigenvalue weighted by Gasteiger charge is -2.06. The summed E-state index contributed by atoms with van der Waals surface area (Å²) in [6, 6.07) is 10.0. The molecule has 26 heavy (non-hydrogen) atoms. The third kappa shape index (κ3) is 3.96. The summed E-state index contributed by atoms with van der Waals surface area (Å²) in [5.74, 6) is -0.484. The molecule has 3 rings (SSSR count). The maximum absolute atomic E-state index is 11.6. The van der Waals surface area contributed by atoms with E-state index in [1.165, 1.54) is 11.9 Å². The SMILES string of the molecule is COC(=O)Cn1nc(-c2ccc(Cl)cc2Cl)c(-c2ccc(Cl)cc2Cl)n1. The van der Waals surface area contributed by atoms with Gasteiger partial charge in [-0.3, -0.25) is 0 Å². The summed E-state index contributed by atoms with van der Waals surface area (Å²) in [7, 11) is 1.29. The molecule has 0 aliphatic rings. The van der Waals surface area contributed by atoms with E-state index in [0.717, 1.165) is 0 Å². The predicted molar refractivity (Wildman–Crippen MR) is 103 cm³/mol. The van der Waals surface area contributed by atoms with Crippen LogP contribution in [0.2, 0.25) is 20.1 Å². The quantitative estimate of drug-likeness (QED) is 0.520. The van der Waals surface area contributed by atoms with Gasteiger partial charge in [-0.15, -0.1) is 0 Å². The molecule has 0 unspecified atom stereocenters. The minimum atomic E-state index is -0.484. The van der Waals surface area contributed by atoms with E-state index < -0.39 is 5.97 Å². The van der Waals surface area contributed by atoms with E-state index in [1.807, 2.05) is 0 Å². The lowest BCUT2D eigenvalue weighted by atomic mass is 10.0. The third-order valence-electron chi connectivity index (χ3n) is 3.53. The van der Waals surface area contributed by atoms with Crippen molar-refractivity contribution in [1.82, 2.24) is 15.0 Å². The molecule has 2 aromatic carbocycles. The van der Waals surface area contributed by atoms with E-state index in [2.05, 4.69) is 14.9 Å². The van der Waals surface area contributed by atoms with Crippen LogP contribution in [-0.4, -0.2) is 28.1 Å². The highest BCUT2D eigenvalue weighted by Crippen LogP contribution is 2.38. The summed E-state index contributed by atoms with van der Waals surface area (Å²) >= 11 is 24.6. The Hall–Kier alpha value is -1.79. The molecule has 0 bridgehead atoms. The largest absolute Gasteiger partial charge is 0.468 e. The second-order valence-electron chi connectivity index (χ2n) is 5.25. The van der Waals surface area contributed by atoms with Crippen LogP contribution in [0.5, 0.6) is 0 Å². The summed E-state index contributed by atoms with van der Waals surface area (Å²) in [4.78, 5) is 12.8. The second kappa shape index (κ2) is 7.84. The van der Waals surface area contributed by atoms with Crippen molar-refractivity contribution in [3.8, 4) is 22.5 Å². The van der Waals surface area contributed by atoms with Gasteiger partial charge in [-0.1, -0.05) is 46.4 Å². The molecule has 0 N–H and O–H groups in total. The minimum Gasteiger partial charge on any atom is -0.468 e. The summed E-state index contributed by atoms with van der Waals surface area (Å²) in [6.45, 7) is -0.153. The molecule has 0 atom stereocenters. The van der Waals surface area contributed by atoms with Gasteiger partial charge in [0.25, 0.3) is 0 Å². The van der Waals surface area contributed by atoms with E-state index in [9.17, 15) is 4.79 Å². The number of ether oxygens (including phenoxy) is 1.